The lowest BCUT2D eigenvalue weighted by atomic mass is 10.2. The van der Waals surface area contributed by atoms with Crippen LogP contribution in [0.1, 0.15) is 17.7 Å². The molecule has 0 bridgehead atoms. The molecule has 0 spiro atoms. The zero-order valence-corrected chi connectivity index (χ0v) is 10.00. The van der Waals surface area contributed by atoms with Gasteiger partial charge in [0, 0.05) is 9.64 Å². The van der Waals surface area contributed by atoms with Gasteiger partial charge in [0.25, 0.3) is 6.43 Å². The first-order valence-corrected chi connectivity index (χ1v) is 5.26. The second-order valence-corrected chi connectivity index (χ2v) is 3.94. The lowest BCUT2D eigenvalue weighted by Crippen LogP contribution is -2.03. The number of hydrogen-bond donors (Lipinski definition) is 0. The molecule has 1 rings (SSSR count). The predicted molar refractivity (Wildman–Crippen MR) is 58.1 cm³/mol. The molecule has 0 saturated carbocycles. The summed E-state index contributed by atoms with van der Waals surface area (Å²) in [5.74, 6) is -0.753. The smallest absolute Gasteiger partial charge is 0.358 e. The van der Waals surface area contributed by atoms with Crippen molar-refractivity contribution in [2.45, 2.75) is 12.3 Å². The molecule has 15 heavy (non-hydrogen) atoms. The molecule has 0 aliphatic heterocycles. The van der Waals surface area contributed by atoms with E-state index in [0.29, 0.717) is 0 Å². The minimum absolute atomic E-state index is 0.0972. The Kier molecular flexibility index (Phi) is 4.14. The van der Waals surface area contributed by atoms with E-state index in [0.717, 1.165) is 6.07 Å². The van der Waals surface area contributed by atoms with E-state index in [1.54, 1.807) is 22.6 Å². The normalized spacial score (nSPS) is 10.7. The number of alkyl halides is 3. The molecule has 1 heterocycles. The Morgan fingerprint density at radius 2 is 2.27 bits per heavy atom. The number of nitrogens with zero attached hydrogens (tertiary/aromatic N) is 2. The molecule has 0 fully saturated rings. The van der Waals surface area contributed by atoms with Crippen molar-refractivity contribution in [2.24, 2.45) is 0 Å². The Labute approximate surface area is 102 Å². The van der Waals surface area contributed by atoms with Crippen LogP contribution in [-0.2, 0) is 5.88 Å². The highest BCUT2D eigenvalue weighted by atomic mass is 127. The van der Waals surface area contributed by atoms with Crippen LogP contribution >= 0.6 is 34.2 Å². The SMILES string of the molecule is O=[N+]([O-])c1cc(I)c(C(F)F)c(CCl)n1. The monoisotopic (exact) mass is 348 g/mol. The molecular formula is C7H4ClF2IN2O2. The van der Waals surface area contributed by atoms with Crippen LogP contribution in [0.5, 0.6) is 0 Å². The van der Waals surface area contributed by atoms with Gasteiger partial charge in [-0.1, -0.05) is 0 Å². The fourth-order valence-electron chi connectivity index (χ4n) is 0.985. The molecule has 1 aromatic heterocycles. The number of hydrogen-bond acceptors (Lipinski definition) is 3. The van der Waals surface area contributed by atoms with Gasteiger partial charge in [-0.2, -0.15) is 0 Å². The standard InChI is InChI=1S/C7H4ClF2IN2O2/c8-2-4-6(7(9)10)3(11)1-5(12-4)13(14)15/h1,7H,2H2. The third kappa shape index (κ3) is 2.71. The average Bonchev–Trinajstić information content (AvgIpc) is 2.15. The number of halogens is 4. The van der Waals surface area contributed by atoms with Crippen molar-refractivity contribution in [3.63, 3.8) is 0 Å². The Balaban J connectivity index is 3.37. The first kappa shape index (κ1) is 12.5. The largest absolute Gasteiger partial charge is 0.364 e. The van der Waals surface area contributed by atoms with Crippen molar-refractivity contribution >= 4 is 40.0 Å². The van der Waals surface area contributed by atoms with Gasteiger partial charge in [-0.3, -0.25) is 0 Å². The van der Waals surface area contributed by atoms with Crippen molar-refractivity contribution in [2.75, 3.05) is 0 Å². The molecule has 4 nitrogen and oxygen atoms in total. The third-order valence-corrected chi connectivity index (χ3v) is 2.75. The van der Waals surface area contributed by atoms with Crippen molar-refractivity contribution in [1.29, 1.82) is 0 Å². The molecule has 82 valence electrons. The lowest BCUT2D eigenvalue weighted by molar-refractivity contribution is -0.389. The van der Waals surface area contributed by atoms with E-state index in [2.05, 4.69) is 4.98 Å². The van der Waals surface area contributed by atoms with Crippen molar-refractivity contribution in [3.8, 4) is 0 Å². The van der Waals surface area contributed by atoms with Gasteiger partial charge in [-0.25, -0.2) is 8.78 Å². The van der Waals surface area contributed by atoms with Gasteiger partial charge in [0.1, 0.15) is 0 Å². The number of nitro groups is 1. The van der Waals surface area contributed by atoms with Gasteiger partial charge < -0.3 is 10.1 Å². The van der Waals surface area contributed by atoms with Crippen LogP contribution in [0.2, 0.25) is 0 Å². The predicted octanol–water partition coefficient (Wildman–Crippen LogP) is 3.27. The molecule has 0 aromatic carbocycles. The highest BCUT2D eigenvalue weighted by molar-refractivity contribution is 14.1. The van der Waals surface area contributed by atoms with Crippen LogP contribution < -0.4 is 0 Å². The van der Waals surface area contributed by atoms with E-state index in [1.807, 2.05) is 0 Å². The number of rotatable bonds is 3. The van der Waals surface area contributed by atoms with E-state index >= 15 is 0 Å². The minimum Gasteiger partial charge on any atom is -0.358 e. The summed E-state index contributed by atoms with van der Waals surface area (Å²) in [6, 6.07) is 0.998. The number of aromatic nitrogens is 1. The second kappa shape index (κ2) is 4.97. The highest BCUT2D eigenvalue weighted by Gasteiger charge is 2.24. The summed E-state index contributed by atoms with van der Waals surface area (Å²) in [7, 11) is 0. The van der Waals surface area contributed by atoms with Gasteiger partial charge in [0.15, 0.2) is 5.69 Å². The van der Waals surface area contributed by atoms with Crippen LogP contribution in [0.25, 0.3) is 0 Å². The van der Waals surface area contributed by atoms with Crippen molar-refractivity contribution in [1.82, 2.24) is 4.98 Å². The molecule has 0 unspecified atom stereocenters. The van der Waals surface area contributed by atoms with E-state index in [9.17, 15) is 18.9 Å². The highest BCUT2D eigenvalue weighted by Crippen LogP contribution is 2.30. The van der Waals surface area contributed by atoms with Crippen molar-refractivity contribution < 1.29 is 13.7 Å². The van der Waals surface area contributed by atoms with E-state index < -0.39 is 17.2 Å². The van der Waals surface area contributed by atoms with Gasteiger partial charge in [-0.05, 0) is 32.5 Å². The van der Waals surface area contributed by atoms with Gasteiger partial charge >= 0.3 is 5.82 Å². The molecule has 0 aliphatic rings. The minimum atomic E-state index is -2.74. The first-order valence-electron chi connectivity index (χ1n) is 3.65. The first-order chi connectivity index (χ1) is 6.97. The summed E-state index contributed by atoms with van der Waals surface area (Å²) < 4.78 is 25.2. The van der Waals surface area contributed by atoms with Crippen LogP contribution in [0.15, 0.2) is 6.07 Å². The Bertz CT molecular complexity index is 403. The maximum atomic E-state index is 12.5. The molecule has 0 radical (unpaired) electrons. The summed E-state index contributed by atoms with van der Waals surface area (Å²) in [6.45, 7) is 0. The number of pyridine rings is 1. The van der Waals surface area contributed by atoms with E-state index in [1.165, 1.54) is 0 Å². The van der Waals surface area contributed by atoms with Crippen LogP contribution in [0, 0.1) is 13.7 Å². The summed E-state index contributed by atoms with van der Waals surface area (Å²) in [4.78, 5) is 13.1. The molecular weight excluding hydrogens is 344 g/mol. The van der Waals surface area contributed by atoms with Crippen LogP contribution in [0.3, 0.4) is 0 Å². The average molecular weight is 348 g/mol. The molecule has 0 aliphatic carbocycles. The topological polar surface area (TPSA) is 56.0 Å². The zero-order valence-electron chi connectivity index (χ0n) is 7.08. The van der Waals surface area contributed by atoms with Gasteiger partial charge in [-0.15, -0.1) is 11.6 Å². The molecule has 8 heteroatoms. The Morgan fingerprint density at radius 1 is 1.67 bits per heavy atom. The third-order valence-electron chi connectivity index (χ3n) is 1.61. The Morgan fingerprint density at radius 3 is 2.67 bits per heavy atom. The summed E-state index contributed by atoms with van der Waals surface area (Å²) in [5, 5.41) is 10.4. The summed E-state index contributed by atoms with van der Waals surface area (Å²) in [6.07, 6.45) is -2.74. The second-order valence-electron chi connectivity index (χ2n) is 2.51. The van der Waals surface area contributed by atoms with Gasteiger partial charge in [0.05, 0.1) is 11.4 Å². The molecule has 1 aromatic rings. The summed E-state index contributed by atoms with van der Waals surface area (Å²) in [5.41, 5.74) is -0.485. The fraction of sp³-hybridized carbons (Fsp3) is 0.286. The van der Waals surface area contributed by atoms with Crippen LogP contribution in [-0.4, -0.2) is 9.91 Å². The fourth-order valence-corrected chi connectivity index (χ4v) is 2.01. The van der Waals surface area contributed by atoms with E-state index in [4.69, 9.17) is 11.6 Å². The molecule has 0 saturated heterocycles. The van der Waals surface area contributed by atoms with Gasteiger partial charge in [0.2, 0.25) is 0 Å². The maximum absolute atomic E-state index is 12.5. The quantitative estimate of drug-likeness (QED) is 0.365. The summed E-state index contributed by atoms with van der Waals surface area (Å²) >= 11 is 7.00. The maximum Gasteiger partial charge on any atom is 0.364 e. The molecule has 0 N–H and O–H groups in total. The Hall–Kier alpha value is -0.570. The lowest BCUT2D eigenvalue weighted by Gasteiger charge is -2.04. The van der Waals surface area contributed by atoms with Crippen LogP contribution in [0.4, 0.5) is 14.6 Å². The van der Waals surface area contributed by atoms with E-state index in [-0.39, 0.29) is 20.7 Å². The molecule has 0 atom stereocenters. The molecule has 0 amide bonds. The van der Waals surface area contributed by atoms with Crippen molar-refractivity contribution in [3.05, 3.63) is 31.0 Å². The zero-order chi connectivity index (χ0) is 11.6.